The van der Waals surface area contributed by atoms with Crippen molar-refractivity contribution in [2.75, 3.05) is 11.1 Å². The minimum Gasteiger partial charge on any atom is -0.399 e. The van der Waals surface area contributed by atoms with E-state index in [1.165, 1.54) is 6.08 Å². The Bertz CT molecular complexity index is 678. The van der Waals surface area contributed by atoms with Crippen molar-refractivity contribution < 1.29 is 9.59 Å². The number of nitrogens with one attached hydrogen (secondary N) is 1. The Labute approximate surface area is 123 Å². The second kappa shape index (κ2) is 7.05. The summed E-state index contributed by atoms with van der Waals surface area (Å²) in [5.41, 5.74) is 9.36. The normalized spacial score (nSPS) is 10.5. The largest absolute Gasteiger partial charge is 0.399 e. The first-order valence-electron chi connectivity index (χ1n) is 6.53. The minimum absolute atomic E-state index is 0.330. The Kier molecular flexibility index (Phi) is 4.88. The molecule has 4 nitrogen and oxygen atoms in total. The molecule has 0 aromatic heterocycles. The number of benzene rings is 2. The maximum absolute atomic E-state index is 11.5. The first-order chi connectivity index (χ1) is 10.2. The Morgan fingerprint density at radius 2 is 1.81 bits per heavy atom. The summed E-state index contributed by atoms with van der Waals surface area (Å²) in [6, 6.07) is 15.3. The molecule has 4 heteroatoms. The zero-order chi connectivity index (χ0) is 15.1. The van der Waals surface area contributed by atoms with Crippen molar-refractivity contribution in [3.63, 3.8) is 0 Å². The van der Waals surface area contributed by atoms with E-state index in [0.717, 1.165) is 29.3 Å². The van der Waals surface area contributed by atoms with Gasteiger partial charge in [0.1, 0.15) is 6.29 Å². The van der Waals surface area contributed by atoms with Gasteiger partial charge in [0.2, 0.25) is 5.91 Å². The van der Waals surface area contributed by atoms with E-state index in [9.17, 15) is 9.59 Å². The van der Waals surface area contributed by atoms with Crippen LogP contribution >= 0.6 is 0 Å². The summed E-state index contributed by atoms with van der Waals surface area (Å²) in [5, 5.41) is 2.70. The molecule has 21 heavy (non-hydrogen) atoms. The molecule has 106 valence electrons. The van der Waals surface area contributed by atoms with Crippen LogP contribution in [0.5, 0.6) is 0 Å². The highest BCUT2D eigenvalue weighted by atomic mass is 16.1. The molecular formula is C17H16N2O2. The van der Waals surface area contributed by atoms with Gasteiger partial charge in [-0.25, -0.2) is 0 Å². The van der Waals surface area contributed by atoms with E-state index in [0.29, 0.717) is 12.0 Å². The van der Waals surface area contributed by atoms with Gasteiger partial charge in [0.15, 0.2) is 0 Å². The average molecular weight is 280 g/mol. The third kappa shape index (κ3) is 4.62. The molecule has 2 rings (SSSR count). The number of rotatable bonds is 5. The Hall–Kier alpha value is -2.88. The topological polar surface area (TPSA) is 72.2 Å². The molecule has 0 radical (unpaired) electrons. The average Bonchev–Trinajstić information content (AvgIpc) is 2.45. The number of nitrogens with two attached hydrogens (primary N) is 1. The second-order valence-electron chi connectivity index (χ2n) is 4.61. The second-order valence-corrected chi connectivity index (χ2v) is 4.61. The van der Waals surface area contributed by atoms with E-state index < -0.39 is 0 Å². The van der Waals surface area contributed by atoms with E-state index in [2.05, 4.69) is 5.32 Å². The molecule has 0 aliphatic heterocycles. The van der Waals surface area contributed by atoms with Crippen LogP contribution in [0.15, 0.2) is 60.7 Å². The van der Waals surface area contributed by atoms with E-state index in [1.54, 1.807) is 6.07 Å². The van der Waals surface area contributed by atoms with Gasteiger partial charge in [-0.1, -0.05) is 24.3 Å². The van der Waals surface area contributed by atoms with Gasteiger partial charge in [-0.3, -0.25) is 9.59 Å². The van der Waals surface area contributed by atoms with Gasteiger partial charge < -0.3 is 11.1 Å². The summed E-state index contributed by atoms with van der Waals surface area (Å²) >= 11 is 0. The molecule has 0 aliphatic carbocycles. The number of nitrogen functional groups attached to an aromatic ring is 1. The van der Waals surface area contributed by atoms with Gasteiger partial charge in [-0.15, -0.1) is 0 Å². The number of allylic oxidation sites excluding steroid dienone is 1. The van der Waals surface area contributed by atoms with E-state index in [-0.39, 0.29) is 5.91 Å². The number of aldehydes is 1. The molecule has 0 spiro atoms. The molecule has 0 aliphatic rings. The van der Waals surface area contributed by atoms with Crippen molar-refractivity contribution >= 4 is 23.6 Å². The van der Waals surface area contributed by atoms with Gasteiger partial charge in [0.25, 0.3) is 0 Å². The lowest BCUT2D eigenvalue weighted by Crippen LogP contribution is -2.08. The predicted octanol–water partition coefficient (Wildman–Crippen LogP) is 2.55. The highest BCUT2D eigenvalue weighted by molar-refractivity contribution is 6.01. The van der Waals surface area contributed by atoms with Crippen LogP contribution in [0.2, 0.25) is 0 Å². The summed E-state index contributed by atoms with van der Waals surface area (Å²) in [6.07, 6.45) is 3.65. The number of hydrogen-bond donors (Lipinski definition) is 2. The fraction of sp³-hybridized carbons (Fsp3) is 0.0588. The molecular weight excluding hydrogens is 264 g/mol. The highest BCUT2D eigenvalue weighted by Gasteiger charge is 2.01. The fourth-order valence-corrected chi connectivity index (χ4v) is 2.01. The maximum atomic E-state index is 11.5. The highest BCUT2D eigenvalue weighted by Crippen LogP contribution is 2.16. The summed E-state index contributed by atoms with van der Waals surface area (Å²) in [7, 11) is 0. The number of carbonyl (C=O) groups is 2. The molecule has 0 bridgehead atoms. The molecule has 0 saturated carbocycles. The molecule has 0 heterocycles. The van der Waals surface area contributed by atoms with Crippen molar-refractivity contribution in [1.29, 1.82) is 0 Å². The van der Waals surface area contributed by atoms with Crippen molar-refractivity contribution in [3.8, 4) is 0 Å². The van der Waals surface area contributed by atoms with Crippen LogP contribution in [0.1, 0.15) is 11.1 Å². The summed E-state index contributed by atoms with van der Waals surface area (Å²) < 4.78 is 0. The summed E-state index contributed by atoms with van der Waals surface area (Å²) in [5.74, 6) is -0.330. The number of hydrogen-bond acceptors (Lipinski definition) is 3. The molecule has 0 atom stereocenters. The van der Waals surface area contributed by atoms with Crippen LogP contribution < -0.4 is 11.1 Å². The van der Waals surface area contributed by atoms with Gasteiger partial charge in [0, 0.05) is 17.5 Å². The number of carbonyl (C=O) groups excluding carboxylic acids is 2. The molecule has 2 aromatic rings. The lowest BCUT2D eigenvalue weighted by atomic mass is 10.0. The van der Waals surface area contributed by atoms with Crippen LogP contribution in [0.3, 0.4) is 0 Å². The van der Waals surface area contributed by atoms with Crippen molar-refractivity contribution in [2.45, 2.75) is 6.42 Å². The zero-order valence-corrected chi connectivity index (χ0v) is 11.5. The monoisotopic (exact) mass is 280 g/mol. The van der Waals surface area contributed by atoms with Crippen molar-refractivity contribution in [3.05, 3.63) is 71.8 Å². The third-order valence-electron chi connectivity index (χ3n) is 2.88. The summed E-state index contributed by atoms with van der Waals surface area (Å²) in [6.45, 7) is 0. The zero-order valence-electron chi connectivity index (χ0n) is 11.5. The molecule has 0 saturated heterocycles. The van der Waals surface area contributed by atoms with Crippen LogP contribution in [0.4, 0.5) is 11.4 Å². The molecule has 3 N–H and O–H groups in total. The third-order valence-corrected chi connectivity index (χ3v) is 2.88. The van der Waals surface area contributed by atoms with Gasteiger partial charge in [-0.2, -0.15) is 0 Å². The quantitative estimate of drug-likeness (QED) is 0.502. The summed E-state index contributed by atoms with van der Waals surface area (Å²) in [4.78, 5) is 21.7. The fourth-order valence-electron chi connectivity index (χ4n) is 2.01. The first kappa shape index (κ1) is 14.5. The molecule has 0 unspecified atom stereocenters. The van der Waals surface area contributed by atoms with Crippen LogP contribution in [0, 0.1) is 0 Å². The van der Waals surface area contributed by atoms with E-state index >= 15 is 0 Å². The van der Waals surface area contributed by atoms with Gasteiger partial charge in [0.05, 0.1) is 0 Å². The van der Waals surface area contributed by atoms with Crippen LogP contribution in [-0.4, -0.2) is 12.2 Å². The molecule has 0 fully saturated rings. The lowest BCUT2D eigenvalue weighted by Gasteiger charge is -2.06. The number of anilines is 2. The Morgan fingerprint density at radius 1 is 1.10 bits per heavy atom. The molecule has 2 aromatic carbocycles. The Morgan fingerprint density at radius 3 is 2.52 bits per heavy atom. The number of amides is 1. The Balaban J connectivity index is 2.09. The van der Waals surface area contributed by atoms with Crippen LogP contribution in [-0.2, 0) is 16.0 Å². The van der Waals surface area contributed by atoms with E-state index in [1.807, 2.05) is 42.5 Å². The smallest absolute Gasteiger partial charge is 0.248 e. The van der Waals surface area contributed by atoms with Gasteiger partial charge >= 0.3 is 0 Å². The van der Waals surface area contributed by atoms with E-state index in [4.69, 9.17) is 5.73 Å². The SMILES string of the molecule is Nc1cccc(Cc2cccc(NC(=O)/C=C/C=O)c2)c1. The van der Waals surface area contributed by atoms with Crippen molar-refractivity contribution in [1.82, 2.24) is 0 Å². The maximum Gasteiger partial charge on any atom is 0.248 e. The standard InChI is InChI=1S/C17H16N2O2/c18-15-6-1-4-13(11-15)10-14-5-2-7-16(12-14)19-17(21)8-3-9-20/h1-9,11-12H,10,18H2,(H,19,21)/b8-3+. The minimum atomic E-state index is -0.330. The molecule has 1 amide bonds. The lowest BCUT2D eigenvalue weighted by molar-refractivity contribution is -0.112. The van der Waals surface area contributed by atoms with Crippen molar-refractivity contribution in [2.24, 2.45) is 0 Å². The predicted molar refractivity (Wildman–Crippen MR) is 83.9 cm³/mol. The van der Waals surface area contributed by atoms with Gasteiger partial charge in [-0.05, 0) is 47.9 Å². The first-order valence-corrected chi connectivity index (χ1v) is 6.53. The van der Waals surface area contributed by atoms with Crippen LogP contribution in [0.25, 0.3) is 0 Å².